The van der Waals surface area contributed by atoms with Crippen molar-refractivity contribution < 1.29 is 4.74 Å². The summed E-state index contributed by atoms with van der Waals surface area (Å²) >= 11 is 0. The van der Waals surface area contributed by atoms with Gasteiger partial charge in [-0.15, -0.1) is 0 Å². The van der Waals surface area contributed by atoms with Gasteiger partial charge in [0.2, 0.25) is 0 Å². The Bertz CT molecular complexity index is 612. The molecule has 0 radical (unpaired) electrons. The van der Waals surface area contributed by atoms with Gasteiger partial charge in [-0.1, -0.05) is 42.5 Å². The van der Waals surface area contributed by atoms with Crippen LogP contribution in [0.2, 0.25) is 0 Å². The van der Waals surface area contributed by atoms with Crippen molar-refractivity contribution in [2.24, 2.45) is 5.84 Å². The minimum absolute atomic E-state index is 0.383. The quantitative estimate of drug-likeness (QED) is 0.534. The molecule has 0 spiro atoms. The third kappa shape index (κ3) is 3.32. The molecule has 2 aromatic rings. The molecule has 0 saturated heterocycles. The summed E-state index contributed by atoms with van der Waals surface area (Å²) < 4.78 is 5.51. The van der Waals surface area contributed by atoms with Crippen molar-refractivity contribution in [1.82, 2.24) is 5.01 Å². The molecule has 2 aromatic carbocycles. The zero-order chi connectivity index (χ0) is 15.4. The second-order valence-electron chi connectivity index (χ2n) is 6.01. The third-order valence-corrected chi connectivity index (χ3v) is 4.55. The highest BCUT2D eigenvalue weighted by atomic mass is 16.5. The van der Waals surface area contributed by atoms with Gasteiger partial charge in [-0.25, -0.2) is 5.01 Å². The topological polar surface area (TPSA) is 38.5 Å². The molecular weight excluding hydrogens is 272 g/mol. The van der Waals surface area contributed by atoms with Gasteiger partial charge < -0.3 is 4.74 Å². The minimum atomic E-state index is 0.383. The van der Waals surface area contributed by atoms with Crippen molar-refractivity contribution in [3.8, 4) is 5.75 Å². The highest BCUT2D eigenvalue weighted by molar-refractivity contribution is 5.41. The summed E-state index contributed by atoms with van der Waals surface area (Å²) in [5.41, 5.74) is 4.01. The molecule has 0 fully saturated rings. The molecule has 1 unspecified atom stereocenters. The van der Waals surface area contributed by atoms with Gasteiger partial charge in [-0.2, -0.15) is 0 Å². The van der Waals surface area contributed by atoms with Crippen LogP contribution in [0.25, 0.3) is 0 Å². The van der Waals surface area contributed by atoms with Gasteiger partial charge in [0, 0.05) is 12.6 Å². The van der Waals surface area contributed by atoms with E-state index in [2.05, 4.69) is 42.5 Å². The summed E-state index contributed by atoms with van der Waals surface area (Å²) in [6.07, 6.45) is 4.35. The lowest BCUT2D eigenvalue weighted by Crippen LogP contribution is -2.41. The number of nitrogens with two attached hydrogens (primary N) is 1. The Hall–Kier alpha value is -1.84. The van der Waals surface area contributed by atoms with E-state index in [4.69, 9.17) is 10.6 Å². The molecular formula is C19H24N2O. The zero-order valence-electron chi connectivity index (χ0n) is 13.2. The van der Waals surface area contributed by atoms with Crippen molar-refractivity contribution in [1.29, 1.82) is 0 Å². The van der Waals surface area contributed by atoms with Crippen molar-refractivity contribution in [2.75, 3.05) is 7.11 Å². The van der Waals surface area contributed by atoms with Gasteiger partial charge >= 0.3 is 0 Å². The molecule has 0 saturated carbocycles. The average molecular weight is 296 g/mol. The van der Waals surface area contributed by atoms with E-state index in [1.54, 1.807) is 7.11 Å². The van der Waals surface area contributed by atoms with Crippen LogP contribution in [0.3, 0.4) is 0 Å². The van der Waals surface area contributed by atoms with Gasteiger partial charge in [0.1, 0.15) is 5.75 Å². The van der Waals surface area contributed by atoms with Crippen LogP contribution in [-0.4, -0.2) is 18.2 Å². The van der Waals surface area contributed by atoms with E-state index in [1.807, 2.05) is 11.1 Å². The van der Waals surface area contributed by atoms with Crippen LogP contribution in [-0.2, 0) is 19.4 Å². The van der Waals surface area contributed by atoms with Crippen LogP contribution in [0.1, 0.15) is 29.5 Å². The fraction of sp³-hybridized carbons (Fsp3) is 0.368. The predicted molar refractivity (Wildman–Crippen MR) is 89.6 cm³/mol. The molecule has 1 aliphatic carbocycles. The molecule has 0 heterocycles. The molecule has 1 atom stereocenters. The van der Waals surface area contributed by atoms with Gasteiger partial charge in [0.05, 0.1) is 7.11 Å². The van der Waals surface area contributed by atoms with E-state index in [-0.39, 0.29) is 0 Å². The van der Waals surface area contributed by atoms with Gasteiger partial charge in [0.25, 0.3) is 0 Å². The van der Waals surface area contributed by atoms with Crippen LogP contribution in [0, 0.1) is 0 Å². The molecule has 3 heteroatoms. The first-order valence-electron chi connectivity index (χ1n) is 7.98. The largest absolute Gasteiger partial charge is 0.496 e. The SMILES string of the molecule is COc1cccc2c1CCCC(N(N)Cc1ccccc1)C2. The predicted octanol–water partition coefficient (Wildman–Crippen LogP) is 3.32. The lowest BCUT2D eigenvalue weighted by Gasteiger charge is -2.27. The molecule has 0 bridgehead atoms. The maximum absolute atomic E-state index is 6.38. The van der Waals surface area contributed by atoms with Crippen molar-refractivity contribution in [3.05, 3.63) is 65.2 Å². The van der Waals surface area contributed by atoms with Crippen LogP contribution in [0.5, 0.6) is 5.75 Å². The van der Waals surface area contributed by atoms with Crippen LogP contribution >= 0.6 is 0 Å². The average Bonchev–Trinajstić information content (AvgIpc) is 2.78. The molecule has 0 aliphatic heterocycles. The van der Waals surface area contributed by atoms with E-state index in [1.165, 1.54) is 16.7 Å². The molecule has 116 valence electrons. The van der Waals surface area contributed by atoms with E-state index in [0.29, 0.717) is 6.04 Å². The summed E-state index contributed by atoms with van der Waals surface area (Å²) in [4.78, 5) is 0. The smallest absolute Gasteiger partial charge is 0.122 e. The number of benzene rings is 2. The molecule has 0 amide bonds. The third-order valence-electron chi connectivity index (χ3n) is 4.55. The van der Waals surface area contributed by atoms with Crippen molar-refractivity contribution >= 4 is 0 Å². The summed E-state index contributed by atoms with van der Waals surface area (Å²) in [5.74, 6) is 7.40. The van der Waals surface area contributed by atoms with E-state index in [0.717, 1.165) is 38.0 Å². The second-order valence-corrected chi connectivity index (χ2v) is 6.01. The van der Waals surface area contributed by atoms with E-state index in [9.17, 15) is 0 Å². The maximum Gasteiger partial charge on any atom is 0.122 e. The Balaban J connectivity index is 1.75. The number of methoxy groups -OCH3 is 1. The first-order valence-corrected chi connectivity index (χ1v) is 7.98. The molecule has 0 aromatic heterocycles. The Morgan fingerprint density at radius 1 is 1.14 bits per heavy atom. The Kier molecular flexibility index (Phi) is 4.76. The fourth-order valence-electron chi connectivity index (χ4n) is 3.35. The monoisotopic (exact) mass is 296 g/mol. The van der Waals surface area contributed by atoms with Gasteiger partial charge in [-0.05, 0) is 48.4 Å². The van der Waals surface area contributed by atoms with Crippen LogP contribution in [0.15, 0.2) is 48.5 Å². The lowest BCUT2D eigenvalue weighted by molar-refractivity contribution is 0.180. The zero-order valence-corrected chi connectivity index (χ0v) is 13.2. The molecule has 2 N–H and O–H groups in total. The lowest BCUT2D eigenvalue weighted by atomic mass is 10.0. The molecule has 22 heavy (non-hydrogen) atoms. The highest BCUT2D eigenvalue weighted by Gasteiger charge is 2.22. The summed E-state index contributed by atoms with van der Waals surface area (Å²) in [6, 6.07) is 17.2. The minimum Gasteiger partial charge on any atom is -0.496 e. The van der Waals surface area contributed by atoms with E-state index >= 15 is 0 Å². The number of hydrazine groups is 1. The molecule has 3 nitrogen and oxygen atoms in total. The Morgan fingerprint density at radius 2 is 1.95 bits per heavy atom. The normalized spacial score (nSPS) is 17.9. The molecule has 3 rings (SSSR count). The van der Waals surface area contributed by atoms with Gasteiger partial charge in [-0.3, -0.25) is 5.84 Å². The summed E-state index contributed by atoms with van der Waals surface area (Å²) in [5, 5.41) is 2.00. The van der Waals surface area contributed by atoms with Crippen molar-refractivity contribution in [2.45, 2.75) is 38.3 Å². The number of fused-ring (bicyclic) bond motifs is 1. The summed E-state index contributed by atoms with van der Waals surface area (Å²) in [6.45, 7) is 0.796. The van der Waals surface area contributed by atoms with Crippen LogP contribution < -0.4 is 10.6 Å². The standard InChI is InChI=1S/C19H24N2O/c1-22-19-12-5-9-16-13-17(10-6-11-18(16)19)21(20)14-15-7-3-2-4-8-15/h2-5,7-9,12,17H,6,10-11,13-14,20H2,1H3. The second kappa shape index (κ2) is 6.95. The summed E-state index contributed by atoms with van der Waals surface area (Å²) in [7, 11) is 1.75. The van der Waals surface area contributed by atoms with Crippen LogP contribution in [0.4, 0.5) is 0 Å². The van der Waals surface area contributed by atoms with Crippen molar-refractivity contribution in [3.63, 3.8) is 0 Å². The first kappa shape index (κ1) is 15.1. The Morgan fingerprint density at radius 3 is 2.73 bits per heavy atom. The molecule has 1 aliphatic rings. The fourth-order valence-corrected chi connectivity index (χ4v) is 3.35. The number of nitrogens with zero attached hydrogens (tertiary/aromatic N) is 1. The maximum atomic E-state index is 6.38. The first-order chi connectivity index (χ1) is 10.8. The Labute approximate surface area is 132 Å². The number of hydrogen-bond donors (Lipinski definition) is 1. The number of rotatable bonds is 4. The van der Waals surface area contributed by atoms with E-state index < -0.39 is 0 Å². The highest BCUT2D eigenvalue weighted by Crippen LogP contribution is 2.30. The number of ether oxygens (including phenoxy) is 1. The number of hydrogen-bond acceptors (Lipinski definition) is 3. The van der Waals surface area contributed by atoms with Gasteiger partial charge in [0.15, 0.2) is 0 Å².